The molecule has 162 valence electrons. The molecule has 1 amide bonds. The normalized spacial score (nSPS) is 14.9. The Morgan fingerprint density at radius 3 is 2.80 bits per heavy atom. The highest BCUT2D eigenvalue weighted by atomic mass is 32.1. The lowest BCUT2D eigenvalue weighted by Crippen LogP contribution is -2.39. The van der Waals surface area contributed by atoms with E-state index in [1.807, 2.05) is 30.5 Å². The number of carbonyl (C=O) groups excluding carboxylic acids is 1. The molecule has 6 nitrogen and oxygen atoms in total. The van der Waals surface area contributed by atoms with Gasteiger partial charge in [-0.05, 0) is 54.8 Å². The molecule has 2 aromatic rings. The highest BCUT2D eigenvalue weighted by molar-refractivity contribution is 7.09. The quantitative estimate of drug-likeness (QED) is 0.470. The lowest BCUT2D eigenvalue weighted by molar-refractivity contribution is -0.127. The Balaban J connectivity index is 1.64. The number of guanidine groups is 1. The molecule has 2 N–H and O–H groups in total. The van der Waals surface area contributed by atoms with Crippen LogP contribution >= 0.6 is 11.3 Å². The van der Waals surface area contributed by atoms with Gasteiger partial charge in [-0.15, -0.1) is 11.3 Å². The highest BCUT2D eigenvalue weighted by Crippen LogP contribution is 2.30. The van der Waals surface area contributed by atoms with Crippen LogP contribution in [0.3, 0.4) is 0 Å². The molecule has 0 spiro atoms. The van der Waals surface area contributed by atoms with Crippen LogP contribution in [0.5, 0.6) is 5.75 Å². The zero-order valence-electron chi connectivity index (χ0n) is 17.7. The van der Waals surface area contributed by atoms with Gasteiger partial charge in [-0.1, -0.05) is 12.1 Å². The Bertz CT molecular complexity index is 866. The third-order valence-corrected chi connectivity index (χ3v) is 5.74. The number of ether oxygens (including phenoxy) is 1. The van der Waals surface area contributed by atoms with E-state index in [0.717, 1.165) is 23.3 Å². The summed E-state index contributed by atoms with van der Waals surface area (Å²) in [6, 6.07) is 8.82. The number of nitrogens with zero attached hydrogens (tertiary/aromatic N) is 2. The van der Waals surface area contributed by atoms with E-state index in [2.05, 4.69) is 15.6 Å². The molecule has 1 atom stereocenters. The number of halogens is 1. The molecule has 0 bridgehead atoms. The van der Waals surface area contributed by atoms with E-state index in [4.69, 9.17) is 4.74 Å². The van der Waals surface area contributed by atoms with Crippen LogP contribution in [0.4, 0.5) is 4.39 Å². The summed E-state index contributed by atoms with van der Waals surface area (Å²) < 4.78 is 20.0. The smallest absolute Gasteiger partial charge is 0.243 e. The second-order valence-electron chi connectivity index (χ2n) is 7.70. The van der Waals surface area contributed by atoms with E-state index in [1.165, 1.54) is 11.0 Å². The monoisotopic (exact) mass is 432 g/mol. The fourth-order valence-electron chi connectivity index (χ4n) is 2.71. The largest absolute Gasteiger partial charge is 0.490 e. The predicted octanol–water partition coefficient (Wildman–Crippen LogP) is 3.56. The molecule has 1 aromatic carbocycles. The molecule has 3 rings (SSSR count). The Morgan fingerprint density at radius 1 is 1.37 bits per heavy atom. The van der Waals surface area contributed by atoms with Gasteiger partial charge in [-0.3, -0.25) is 4.79 Å². The van der Waals surface area contributed by atoms with Crippen molar-refractivity contribution in [2.45, 2.75) is 32.4 Å². The number of rotatable bonds is 9. The number of hydrogen-bond acceptors (Lipinski definition) is 4. The van der Waals surface area contributed by atoms with Gasteiger partial charge in [0.15, 0.2) is 17.5 Å². The highest BCUT2D eigenvalue weighted by Gasteiger charge is 2.22. The maximum Gasteiger partial charge on any atom is 0.243 e. The molecule has 1 unspecified atom stereocenters. The van der Waals surface area contributed by atoms with E-state index in [1.54, 1.807) is 31.5 Å². The summed E-state index contributed by atoms with van der Waals surface area (Å²) in [6.07, 6.45) is 2.33. The summed E-state index contributed by atoms with van der Waals surface area (Å²) in [5.41, 5.74) is 0.774. The van der Waals surface area contributed by atoms with Crippen LogP contribution in [0.1, 0.15) is 36.2 Å². The number of nitrogens with one attached hydrogen (secondary N) is 2. The SMILES string of the molecule is CC(NC(=NCC(=O)N(C)C)NCc1cccs1)c1ccc(OCC2CC2)c(F)c1. The molecular formula is C22H29FN4O2S. The molecule has 1 aromatic heterocycles. The van der Waals surface area contributed by atoms with Gasteiger partial charge in [0.05, 0.1) is 19.2 Å². The lowest BCUT2D eigenvalue weighted by Gasteiger charge is -2.19. The van der Waals surface area contributed by atoms with Gasteiger partial charge in [-0.25, -0.2) is 9.38 Å². The van der Waals surface area contributed by atoms with Crippen LogP contribution in [0.2, 0.25) is 0 Å². The van der Waals surface area contributed by atoms with Crippen LogP contribution in [-0.2, 0) is 11.3 Å². The summed E-state index contributed by atoms with van der Waals surface area (Å²) in [4.78, 5) is 19.0. The first-order chi connectivity index (χ1) is 14.4. The maximum atomic E-state index is 14.4. The lowest BCUT2D eigenvalue weighted by atomic mass is 10.1. The minimum Gasteiger partial charge on any atom is -0.490 e. The van der Waals surface area contributed by atoms with E-state index < -0.39 is 0 Å². The van der Waals surface area contributed by atoms with Gasteiger partial charge in [0.25, 0.3) is 0 Å². The van der Waals surface area contributed by atoms with Crippen LogP contribution in [0.25, 0.3) is 0 Å². The van der Waals surface area contributed by atoms with Crippen molar-refractivity contribution in [2.75, 3.05) is 27.2 Å². The summed E-state index contributed by atoms with van der Waals surface area (Å²) in [5, 5.41) is 8.51. The van der Waals surface area contributed by atoms with Crippen molar-refractivity contribution in [1.29, 1.82) is 0 Å². The Morgan fingerprint density at radius 2 is 2.17 bits per heavy atom. The summed E-state index contributed by atoms with van der Waals surface area (Å²) >= 11 is 1.64. The third kappa shape index (κ3) is 6.73. The van der Waals surface area contributed by atoms with Gasteiger partial charge < -0.3 is 20.3 Å². The molecule has 8 heteroatoms. The van der Waals surface area contributed by atoms with Crippen molar-refractivity contribution in [3.63, 3.8) is 0 Å². The second-order valence-corrected chi connectivity index (χ2v) is 8.73. The minimum atomic E-state index is -0.366. The average Bonchev–Trinajstić information content (AvgIpc) is 3.41. The van der Waals surface area contributed by atoms with Gasteiger partial charge >= 0.3 is 0 Å². The first kappa shape index (κ1) is 22.1. The summed E-state index contributed by atoms with van der Waals surface area (Å²) in [7, 11) is 3.39. The molecule has 1 fully saturated rings. The standard InChI is InChI=1S/C22H29FN4O2S/c1-15(17-8-9-20(19(23)11-17)29-14-16-6-7-16)26-22(25-13-21(28)27(2)3)24-12-18-5-4-10-30-18/h4-5,8-11,15-16H,6-7,12-14H2,1-3H3,(H2,24,25,26). The van der Waals surface area contributed by atoms with E-state index in [-0.39, 0.29) is 24.3 Å². The molecule has 1 saturated carbocycles. The van der Waals surface area contributed by atoms with Crippen molar-refractivity contribution >= 4 is 23.2 Å². The first-order valence-corrected chi connectivity index (χ1v) is 11.0. The van der Waals surface area contributed by atoms with Crippen molar-refractivity contribution in [1.82, 2.24) is 15.5 Å². The molecule has 0 radical (unpaired) electrons. The number of carbonyl (C=O) groups is 1. The number of amides is 1. The Hall–Kier alpha value is -2.61. The zero-order valence-corrected chi connectivity index (χ0v) is 18.5. The topological polar surface area (TPSA) is 66.0 Å². The molecule has 1 aliphatic rings. The Kier molecular flexibility index (Phi) is 7.68. The number of aliphatic imine (C=N–C) groups is 1. The second kappa shape index (κ2) is 10.4. The van der Waals surface area contributed by atoms with Gasteiger partial charge in [0.2, 0.25) is 5.91 Å². The van der Waals surface area contributed by atoms with Crippen LogP contribution in [0.15, 0.2) is 40.7 Å². The van der Waals surface area contributed by atoms with Crippen LogP contribution < -0.4 is 15.4 Å². The van der Waals surface area contributed by atoms with E-state index in [9.17, 15) is 9.18 Å². The zero-order chi connectivity index (χ0) is 21.5. The Labute approximate surface area is 181 Å². The maximum absolute atomic E-state index is 14.4. The fraction of sp³-hybridized carbons (Fsp3) is 0.455. The molecule has 0 aliphatic heterocycles. The number of thiophene rings is 1. The van der Waals surface area contributed by atoms with Crippen molar-refractivity contribution in [3.8, 4) is 5.75 Å². The third-order valence-electron chi connectivity index (χ3n) is 4.86. The predicted molar refractivity (Wildman–Crippen MR) is 118 cm³/mol. The van der Waals surface area contributed by atoms with Gasteiger partial charge in [-0.2, -0.15) is 0 Å². The van der Waals surface area contributed by atoms with Gasteiger partial charge in [0.1, 0.15) is 6.54 Å². The number of likely N-dealkylation sites (N-methyl/N-ethyl adjacent to an activating group) is 1. The minimum absolute atomic E-state index is 0.0296. The van der Waals surface area contributed by atoms with Crippen LogP contribution in [-0.4, -0.2) is 44.0 Å². The number of hydrogen-bond donors (Lipinski definition) is 2. The summed E-state index contributed by atoms with van der Waals surface area (Å²) in [5.74, 6) is 0.903. The molecule has 30 heavy (non-hydrogen) atoms. The van der Waals surface area contributed by atoms with Crippen molar-refractivity contribution in [3.05, 3.63) is 52.0 Å². The average molecular weight is 433 g/mol. The van der Waals surface area contributed by atoms with Crippen molar-refractivity contribution in [2.24, 2.45) is 10.9 Å². The number of benzene rings is 1. The van der Waals surface area contributed by atoms with E-state index in [0.29, 0.717) is 30.8 Å². The molecule has 1 aliphatic carbocycles. The first-order valence-electron chi connectivity index (χ1n) is 10.1. The van der Waals surface area contributed by atoms with E-state index >= 15 is 0 Å². The molecule has 0 saturated heterocycles. The molecular weight excluding hydrogens is 403 g/mol. The summed E-state index contributed by atoms with van der Waals surface area (Å²) in [6.45, 7) is 3.12. The molecule has 1 heterocycles. The van der Waals surface area contributed by atoms with Crippen molar-refractivity contribution < 1.29 is 13.9 Å². The van der Waals surface area contributed by atoms with Gasteiger partial charge in [0, 0.05) is 19.0 Å². The van der Waals surface area contributed by atoms with Crippen LogP contribution in [0, 0.1) is 11.7 Å². The fourth-order valence-corrected chi connectivity index (χ4v) is 3.35.